The van der Waals surface area contributed by atoms with Crippen LogP contribution in [0.3, 0.4) is 0 Å². The van der Waals surface area contributed by atoms with Crippen molar-refractivity contribution in [3.05, 3.63) is 51.1 Å². The molecule has 0 saturated carbocycles. The maximum absolute atomic E-state index is 11.8. The average Bonchev–Trinajstić information content (AvgIpc) is 2.74. The summed E-state index contributed by atoms with van der Waals surface area (Å²) in [5.74, 6) is -0.296. The fourth-order valence-electron chi connectivity index (χ4n) is 2.67. The van der Waals surface area contributed by atoms with Gasteiger partial charge in [-0.3, -0.25) is 19.2 Å². The molecule has 0 spiro atoms. The predicted molar refractivity (Wildman–Crippen MR) is 165 cm³/mol. The second-order valence-electron chi connectivity index (χ2n) is 7.04. The van der Waals surface area contributed by atoms with Crippen molar-refractivity contribution in [1.29, 1.82) is 0 Å². The summed E-state index contributed by atoms with van der Waals surface area (Å²) in [5, 5.41) is -0.846. The Morgan fingerprint density at radius 3 is 1.47 bits per heavy atom. The number of anilines is 2. The van der Waals surface area contributed by atoms with Gasteiger partial charge in [-0.05, 0) is 124 Å². The topological polar surface area (TPSA) is 97.5 Å². The molecule has 0 bridgehead atoms. The molecule has 36 heavy (non-hydrogen) atoms. The first-order valence-corrected chi connectivity index (χ1v) is 15.5. The zero-order valence-electron chi connectivity index (χ0n) is 18.2. The number of hydrogen-bond donors (Lipinski definition) is 1. The van der Waals surface area contributed by atoms with E-state index in [1.165, 1.54) is 4.90 Å². The van der Waals surface area contributed by atoms with Gasteiger partial charge in [-0.25, -0.2) is 4.90 Å². The van der Waals surface area contributed by atoms with Crippen LogP contribution in [-0.4, -0.2) is 22.3 Å². The number of nitrogens with zero attached hydrogens (tertiary/aromatic N) is 1. The molecule has 1 aliphatic heterocycles. The lowest BCUT2D eigenvalue weighted by Gasteiger charge is -2.26. The Morgan fingerprint density at radius 2 is 1.11 bits per heavy atom. The zero-order chi connectivity index (χ0) is 27.6. The van der Waals surface area contributed by atoms with Crippen molar-refractivity contribution in [2.45, 2.75) is 38.5 Å². The van der Waals surface area contributed by atoms with Crippen LogP contribution in [-0.2, 0) is 19.2 Å². The summed E-state index contributed by atoms with van der Waals surface area (Å²) in [7, 11) is 0. The largest absolute Gasteiger partial charge is 0.397 e. The van der Waals surface area contributed by atoms with E-state index < -0.39 is 10.5 Å². The van der Waals surface area contributed by atoms with Crippen LogP contribution in [0.25, 0.3) is 0 Å². The number of carbonyl (C=O) groups excluding carboxylic acids is 4. The van der Waals surface area contributed by atoms with Gasteiger partial charge in [-0.1, -0.05) is 31.9 Å². The second kappa shape index (κ2) is 17.0. The summed E-state index contributed by atoms with van der Waals surface area (Å²) in [6, 6.07) is 7.44. The van der Waals surface area contributed by atoms with E-state index in [1.54, 1.807) is 0 Å². The summed E-state index contributed by atoms with van der Waals surface area (Å²) in [6.45, 7) is 0. The Labute approximate surface area is 269 Å². The van der Waals surface area contributed by atoms with Gasteiger partial charge in [0, 0.05) is 52.5 Å². The summed E-state index contributed by atoms with van der Waals surface area (Å²) in [4.78, 5) is 45.0. The first-order valence-electron chi connectivity index (χ1n) is 10.0. The monoisotopic (exact) mass is 918 g/mol. The first kappa shape index (κ1) is 34.2. The smallest absolute Gasteiger partial charge is 0.233 e. The van der Waals surface area contributed by atoms with Gasteiger partial charge < -0.3 is 5.73 Å². The van der Waals surface area contributed by atoms with Crippen LogP contribution >= 0.6 is 119 Å². The quantitative estimate of drug-likeness (QED) is 0.183. The minimum absolute atomic E-state index is 0.148. The molecule has 2 aromatic rings. The van der Waals surface area contributed by atoms with Crippen LogP contribution in [0, 0.1) is 0 Å². The summed E-state index contributed by atoms with van der Waals surface area (Å²) < 4.78 is 5.09. The number of hydrogen-bond acceptors (Lipinski definition) is 5. The highest BCUT2D eigenvalue weighted by Crippen LogP contribution is 2.39. The number of amides is 2. The number of benzene rings is 2. The Balaban J connectivity index is 0.000000293. The molecule has 2 amide bonds. The van der Waals surface area contributed by atoms with Gasteiger partial charge in [0.25, 0.3) is 0 Å². The van der Waals surface area contributed by atoms with E-state index in [1.807, 2.05) is 24.3 Å². The Hall–Kier alpha value is 0.180. The summed E-state index contributed by atoms with van der Waals surface area (Å²) >= 11 is 30.0. The Kier molecular flexibility index (Phi) is 16.1. The fourth-order valence-corrected chi connectivity index (χ4v) is 7.81. The van der Waals surface area contributed by atoms with Crippen LogP contribution in [0.15, 0.2) is 51.1 Å². The first-order chi connectivity index (χ1) is 16.7. The number of carbonyl (C=O) groups is 4. The molecule has 6 nitrogen and oxygen atoms in total. The van der Waals surface area contributed by atoms with E-state index in [0.717, 1.165) is 23.6 Å². The molecular formula is C22H18Br6Cl2N2O4. The second-order valence-corrected chi connectivity index (χ2v) is 13.1. The molecule has 2 N–H and O–H groups in total. The predicted octanol–water partition coefficient (Wildman–Crippen LogP) is 9.26. The van der Waals surface area contributed by atoms with Gasteiger partial charge in [0.15, 0.2) is 0 Å². The van der Waals surface area contributed by atoms with E-state index in [4.69, 9.17) is 28.9 Å². The number of piperidine rings is 1. The number of halogens is 8. The molecule has 14 heteroatoms. The molecule has 1 fully saturated rings. The Bertz CT molecular complexity index is 1070. The van der Waals surface area contributed by atoms with Crippen molar-refractivity contribution < 1.29 is 19.2 Å². The number of rotatable bonds is 5. The van der Waals surface area contributed by atoms with Crippen molar-refractivity contribution in [2.24, 2.45) is 0 Å². The van der Waals surface area contributed by atoms with Crippen LogP contribution in [0.5, 0.6) is 0 Å². The van der Waals surface area contributed by atoms with Gasteiger partial charge >= 0.3 is 0 Å². The molecule has 196 valence electrons. The standard InChI is InChI=1S/C11H8Br3NO2.C6H4Br3N.C5H6Cl2O2/c12-6-4-7(13)11(8(14)5-6)15-9(16)2-1-3-10(15)17;7-3-1-4(8)6(10)5(9)2-3;6-4(8)2-1-3-5(7)9/h4-5H,1-3H2;1-2H,10H2;1-3H2. The van der Waals surface area contributed by atoms with Crippen LogP contribution in [0.4, 0.5) is 11.4 Å². The molecule has 2 aromatic carbocycles. The van der Waals surface area contributed by atoms with E-state index in [0.29, 0.717) is 40.3 Å². The molecule has 3 rings (SSSR count). The summed E-state index contributed by atoms with van der Waals surface area (Å²) in [5.41, 5.74) is 6.95. The van der Waals surface area contributed by atoms with Crippen LogP contribution in [0.1, 0.15) is 38.5 Å². The highest BCUT2D eigenvalue weighted by atomic mass is 79.9. The maximum Gasteiger partial charge on any atom is 0.233 e. The van der Waals surface area contributed by atoms with Gasteiger partial charge in [0.05, 0.1) is 11.4 Å². The SMILES string of the molecule is Nc1c(Br)cc(Br)cc1Br.O=C(Cl)CCCC(=O)Cl.O=C1CCCC(=O)N1c1c(Br)cc(Br)cc1Br. The van der Waals surface area contributed by atoms with Crippen molar-refractivity contribution in [1.82, 2.24) is 0 Å². The number of imide groups is 1. The van der Waals surface area contributed by atoms with Gasteiger partial charge in [0.2, 0.25) is 22.3 Å². The Morgan fingerprint density at radius 1 is 0.750 bits per heavy atom. The fraction of sp³-hybridized carbons (Fsp3) is 0.273. The lowest BCUT2D eigenvalue weighted by atomic mass is 10.1. The number of nitrogens with two attached hydrogens (primary N) is 1. The van der Waals surface area contributed by atoms with Gasteiger partial charge in [0.1, 0.15) is 0 Å². The molecular weight excluding hydrogens is 907 g/mol. The van der Waals surface area contributed by atoms with E-state index in [9.17, 15) is 19.2 Å². The summed E-state index contributed by atoms with van der Waals surface area (Å²) in [6.07, 6.45) is 2.37. The molecule has 1 aliphatic rings. The highest BCUT2D eigenvalue weighted by Gasteiger charge is 2.30. The van der Waals surface area contributed by atoms with Crippen molar-refractivity contribution >= 4 is 152 Å². The zero-order valence-corrected chi connectivity index (χ0v) is 29.3. The van der Waals surface area contributed by atoms with E-state index in [2.05, 4.69) is 95.6 Å². The molecule has 0 atom stereocenters. The molecule has 0 aromatic heterocycles. The van der Waals surface area contributed by atoms with E-state index >= 15 is 0 Å². The minimum Gasteiger partial charge on any atom is -0.397 e. The van der Waals surface area contributed by atoms with Crippen LogP contribution < -0.4 is 10.6 Å². The third-order valence-corrected chi connectivity index (χ3v) is 8.09. The maximum atomic E-state index is 11.8. The minimum atomic E-state index is -0.423. The third kappa shape index (κ3) is 11.9. The van der Waals surface area contributed by atoms with E-state index in [-0.39, 0.29) is 24.7 Å². The lowest BCUT2D eigenvalue weighted by Crippen LogP contribution is -2.40. The normalized spacial score (nSPS) is 12.8. The van der Waals surface area contributed by atoms with Gasteiger partial charge in [-0.2, -0.15) is 0 Å². The van der Waals surface area contributed by atoms with Crippen LogP contribution in [0.2, 0.25) is 0 Å². The molecule has 0 aliphatic carbocycles. The van der Waals surface area contributed by atoms with Crippen molar-refractivity contribution in [3.63, 3.8) is 0 Å². The van der Waals surface area contributed by atoms with Crippen molar-refractivity contribution in [3.8, 4) is 0 Å². The average molecular weight is 925 g/mol. The molecule has 1 heterocycles. The molecule has 0 radical (unpaired) electrons. The van der Waals surface area contributed by atoms with Crippen molar-refractivity contribution in [2.75, 3.05) is 10.6 Å². The molecule has 1 saturated heterocycles. The highest BCUT2D eigenvalue weighted by molar-refractivity contribution is 9.12. The van der Waals surface area contributed by atoms with Gasteiger partial charge in [-0.15, -0.1) is 0 Å². The molecule has 0 unspecified atom stereocenters. The third-order valence-electron chi connectivity index (χ3n) is 4.28. The number of nitrogen functional groups attached to an aromatic ring is 1. The lowest BCUT2D eigenvalue weighted by molar-refractivity contribution is -0.129.